The smallest absolute Gasteiger partial charge is 0.206 e. The molecule has 0 saturated carbocycles. The third-order valence-electron chi connectivity index (χ3n) is 3.76. The number of nitrogens with zero attached hydrogens (tertiary/aromatic N) is 4. The maximum Gasteiger partial charge on any atom is 0.206 e. The molecular formula is C19H17N5S2. The third-order valence-corrected chi connectivity index (χ3v) is 5.85. The van der Waals surface area contributed by atoms with Crippen molar-refractivity contribution in [3.05, 3.63) is 84.2 Å². The van der Waals surface area contributed by atoms with Gasteiger partial charge in [-0.2, -0.15) is 5.10 Å². The van der Waals surface area contributed by atoms with Gasteiger partial charge in [0.25, 0.3) is 0 Å². The Morgan fingerprint density at radius 3 is 2.54 bits per heavy atom. The fourth-order valence-electron chi connectivity index (χ4n) is 2.42. The highest BCUT2D eigenvalue weighted by molar-refractivity contribution is 8.00. The minimum atomic E-state index is 0.759. The molecule has 0 aliphatic carbocycles. The van der Waals surface area contributed by atoms with Crippen LogP contribution in [-0.4, -0.2) is 20.0 Å². The van der Waals surface area contributed by atoms with Crippen LogP contribution >= 0.6 is 23.1 Å². The van der Waals surface area contributed by atoms with Crippen molar-refractivity contribution in [1.82, 2.24) is 20.0 Å². The van der Waals surface area contributed by atoms with Gasteiger partial charge in [-0.15, -0.1) is 10.2 Å². The third kappa shape index (κ3) is 4.30. The first-order valence-corrected chi connectivity index (χ1v) is 10.00. The van der Waals surface area contributed by atoms with Crippen molar-refractivity contribution in [2.24, 2.45) is 0 Å². The zero-order chi connectivity index (χ0) is 17.6. The fourth-order valence-corrected chi connectivity index (χ4v) is 4.13. The molecule has 0 saturated heterocycles. The summed E-state index contributed by atoms with van der Waals surface area (Å²) < 4.78 is 2.82. The van der Waals surface area contributed by atoms with Crippen molar-refractivity contribution in [3.63, 3.8) is 0 Å². The summed E-state index contributed by atoms with van der Waals surface area (Å²) >= 11 is 3.29. The summed E-state index contributed by atoms with van der Waals surface area (Å²) in [5.41, 5.74) is 3.54. The number of nitrogens with one attached hydrogen (secondary N) is 1. The predicted octanol–water partition coefficient (Wildman–Crippen LogP) is 4.63. The fraction of sp³-hybridized carbons (Fsp3) is 0.105. The van der Waals surface area contributed by atoms with E-state index in [-0.39, 0.29) is 0 Å². The molecule has 2 aromatic heterocycles. The van der Waals surface area contributed by atoms with Crippen molar-refractivity contribution in [3.8, 4) is 5.69 Å². The van der Waals surface area contributed by atoms with Gasteiger partial charge in [0.05, 0.1) is 5.69 Å². The van der Waals surface area contributed by atoms with Crippen molar-refractivity contribution in [1.29, 1.82) is 0 Å². The van der Waals surface area contributed by atoms with Gasteiger partial charge < -0.3 is 5.32 Å². The molecule has 1 N–H and O–H groups in total. The van der Waals surface area contributed by atoms with Crippen LogP contribution in [0.25, 0.3) is 5.69 Å². The van der Waals surface area contributed by atoms with E-state index >= 15 is 0 Å². The van der Waals surface area contributed by atoms with Crippen molar-refractivity contribution in [2.75, 3.05) is 5.32 Å². The van der Waals surface area contributed by atoms with Crippen LogP contribution in [0, 0.1) is 0 Å². The second-order valence-electron chi connectivity index (χ2n) is 5.62. The number of thioether (sulfide) groups is 1. The number of hydrogen-bond donors (Lipinski definition) is 1. The molecule has 7 heteroatoms. The van der Waals surface area contributed by atoms with E-state index in [4.69, 9.17) is 0 Å². The largest absolute Gasteiger partial charge is 0.356 e. The van der Waals surface area contributed by atoms with Crippen molar-refractivity contribution in [2.45, 2.75) is 16.6 Å². The van der Waals surface area contributed by atoms with Gasteiger partial charge in [0, 0.05) is 24.7 Å². The van der Waals surface area contributed by atoms with Crippen LogP contribution < -0.4 is 5.32 Å². The summed E-state index contributed by atoms with van der Waals surface area (Å²) in [7, 11) is 0. The molecule has 0 aliphatic heterocycles. The van der Waals surface area contributed by atoms with Gasteiger partial charge in [-0.05, 0) is 29.3 Å². The Morgan fingerprint density at radius 2 is 1.77 bits per heavy atom. The summed E-state index contributed by atoms with van der Waals surface area (Å²) in [6.07, 6.45) is 3.72. The van der Waals surface area contributed by atoms with Gasteiger partial charge in [0.2, 0.25) is 5.13 Å². The molecule has 130 valence electrons. The molecular weight excluding hydrogens is 362 g/mol. The lowest BCUT2D eigenvalue weighted by Crippen LogP contribution is -1.98. The molecule has 0 unspecified atom stereocenters. The maximum atomic E-state index is 4.26. The lowest BCUT2D eigenvalue weighted by Gasteiger charge is -2.03. The van der Waals surface area contributed by atoms with E-state index in [9.17, 15) is 0 Å². The quantitative estimate of drug-likeness (QED) is 0.475. The second kappa shape index (κ2) is 8.16. The van der Waals surface area contributed by atoms with E-state index in [0.717, 1.165) is 27.5 Å². The van der Waals surface area contributed by atoms with E-state index < -0.39 is 0 Å². The molecule has 0 spiro atoms. The Morgan fingerprint density at radius 1 is 0.923 bits per heavy atom. The van der Waals surface area contributed by atoms with Crippen LogP contribution in [0.4, 0.5) is 5.13 Å². The molecule has 0 bridgehead atoms. The molecule has 4 rings (SSSR count). The predicted molar refractivity (Wildman–Crippen MR) is 107 cm³/mol. The Kier molecular flexibility index (Phi) is 5.27. The molecule has 4 aromatic rings. The summed E-state index contributed by atoms with van der Waals surface area (Å²) in [6.45, 7) is 0.759. The van der Waals surface area contributed by atoms with E-state index in [0.29, 0.717) is 0 Å². The van der Waals surface area contributed by atoms with E-state index in [2.05, 4.69) is 57.0 Å². The Labute approximate surface area is 160 Å². The number of aromatic nitrogens is 4. The van der Waals surface area contributed by atoms with Gasteiger partial charge in [-0.1, -0.05) is 65.6 Å². The summed E-state index contributed by atoms with van der Waals surface area (Å²) in [5.74, 6) is 0.868. The molecule has 0 atom stereocenters. The lowest BCUT2D eigenvalue weighted by molar-refractivity contribution is 0.880. The summed E-state index contributed by atoms with van der Waals surface area (Å²) in [5, 5.41) is 16.9. The minimum Gasteiger partial charge on any atom is -0.356 e. The van der Waals surface area contributed by atoms with E-state index in [1.165, 1.54) is 11.1 Å². The molecule has 2 heterocycles. The first kappa shape index (κ1) is 16.8. The SMILES string of the molecule is c1ccc(CNc2nnc(SCc3ccc(-n4cccn4)cc3)s2)cc1. The van der Waals surface area contributed by atoms with Crippen LogP contribution in [0.3, 0.4) is 0 Å². The normalized spacial score (nSPS) is 10.8. The molecule has 0 fully saturated rings. The molecule has 0 amide bonds. The molecule has 2 aromatic carbocycles. The summed E-state index contributed by atoms with van der Waals surface area (Å²) in [4.78, 5) is 0. The first-order valence-electron chi connectivity index (χ1n) is 8.20. The highest BCUT2D eigenvalue weighted by Gasteiger charge is 2.05. The van der Waals surface area contributed by atoms with Crippen LogP contribution in [0.5, 0.6) is 0 Å². The standard InChI is InChI=1S/C19H17N5S2/c1-2-5-15(6-3-1)13-20-18-22-23-19(26-18)25-14-16-7-9-17(10-8-16)24-12-4-11-21-24/h1-12H,13-14H2,(H,20,22). The van der Waals surface area contributed by atoms with Gasteiger partial charge in [-0.3, -0.25) is 0 Å². The van der Waals surface area contributed by atoms with Gasteiger partial charge in [0.15, 0.2) is 4.34 Å². The summed E-state index contributed by atoms with van der Waals surface area (Å²) in [6, 6.07) is 20.6. The number of hydrogen-bond acceptors (Lipinski definition) is 6. The molecule has 0 aliphatic rings. The minimum absolute atomic E-state index is 0.759. The highest BCUT2D eigenvalue weighted by atomic mass is 32.2. The maximum absolute atomic E-state index is 4.26. The zero-order valence-corrected chi connectivity index (χ0v) is 15.6. The average Bonchev–Trinajstić information content (AvgIpc) is 3.38. The monoisotopic (exact) mass is 379 g/mol. The first-order chi connectivity index (χ1) is 12.9. The van der Waals surface area contributed by atoms with Crippen molar-refractivity contribution < 1.29 is 0 Å². The topological polar surface area (TPSA) is 55.6 Å². The van der Waals surface area contributed by atoms with Gasteiger partial charge in [0.1, 0.15) is 0 Å². The Hall–Kier alpha value is -2.64. The van der Waals surface area contributed by atoms with Crippen LogP contribution in [0.15, 0.2) is 77.4 Å². The second-order valence-corrected chi connectivity index (χ2v) is 7.82. The van der Waals surface area contributed by atoms with Crippen LogP contribution in [-0.2, 0) is 12.3 Å². The van der Waals surface area contributed by atoms with Gasteiger partial charge >= 0.3 is 0 Å². The molecule has 0 radical (unpaired) electrons. The molecule has 26 heavy (non-hydrogen) atoms. The molecule has 5 nitrogen and oxygen atoms in total. The number of benzene rings is 2. The van der Waals surface area contributed by atoms with Gasteiger partial charge in [-0.25, -0.2) is 4.68 Å². The lowest BCUT2D eigenvalue weighted by atomic mass is 10.2. The van der Waals surface area contributed by atoms with Crippen LogP contribution in [0.1, 0.15) is 11.1 Å². The average molecular weight is 380 g/mol. The van der Waals surface area contributed by atoms with Crippen LogP contribution in [0.2, 0.25) is 0 Å². The van der Waals surface area contributed by atoms with E-state index in [1.54, 1.807) is 29.3 Å². The number of anilines is 1. The zero-order valence-electron chi connectivity index (χ0n) is 13.9. The Bertz CT molecular complexity index is 934. The van der Waals surface area contributed by atoms with Crippen molar-refractivity contribution >= 4 is 28.2 Å². The number of rotatable bonds is 7. The highest BCUT2D eigenvalue weighted by Crippen LogP contribution is 2.28. The van der Waals surface area contributed by atoms with E-state index in [1.807, 2.05) is 35.1 Å². The Balaban J connectivity index is 1.30.